The lowest BCUT2D eigenvalue weighted by Gasteiger charge is -2.34. The third-order valence-electron chi connectivity index (χ3n) is 4.11. The Balaban J connectivity index is 2.39. The first kappa shape index (κ1) is 13.0. The highest BCUT2D eigenvalue weighted by atomic mass is 15.1. The Labute approximate surface area is 95.2 Å². The zero-order chi connectivity index (χ0) is 11.5. The Kier molecular flexibility index (Phi) is 4.60. The van der Waals surface area contributed by atoms with Gasteiger partial charge in [0.05, 0.1) is 0 Å². The molecule has 2 heteroatoms. The van der Waals surface area contributed by atoms with E-state index in [1.54, 1.807) is 0 Å². The third kappa shape index (κ3) is 3.46. The molecule has 15 heavy (non-hydrogen) atoms. The van der Waals surface area contributed by atoms with E-state index in [4.69, 9.17) is 5.73 Å². The van der Waals surface area contributed by atoms with Gasteiger partial charge in [0.25, 0.3) is 0 Å². The molecule has 1 fully saturated rings. The Bertz CT molecular complexity index is 193. The van der Waals surface area contributed by atoms with Gasteiger partial charge in [0.15, 0.2) is 0 Å². The van der Waals surface area contributed by atoms with Gasteiger partial charge in [-0.3, -0.25) is 0 Å². The maximum atomic E-state index is 6.20. The first-order chi connectivity index (χ1) is 6.98. The fraction of sp³-hybridized carbons (Fsp3) is 1.00. The van der Waals surface area contributed by atoms with Crippen LogP contribution in [0.1, 0.15) is 46.5 Å². The van der Waals surface area contributed by atoms with E-state index in [1.165, 1.54) is 38.8 Å². The standard InChI is InChI=1S/C13H28N2/c1-5-11(2)9-15(4)10-13(3)8-6-7-12(13)14/h11-12H,5-10,14H2,1-4H3. The molecule has 90 valence electrons. The molecule has 0 spiro atoms. The summed E-state index contributed by atoms with van der Waals surface area (Å²) in [5, 5.41) is 0. The molecular weight excluding hydrogens is 184 g/mol. The van der Waals surface area contributed by atoms with E-state index in [9.17, 15) is 0 Å². The Hall–Kier alpha value is -0.0800. The number of nitrogens with two attached hydrogens (primary N) is 1. The number of hydrogen-bond acceptors (Lipinski definition) is 2. The summed E-state index contributed by atoms with van der Waals surface area (Å²) in [4.78, 5) is 2.47. The zero-order valence-electron chi connectivity index (χ0n) is 10.9. The zero-order valence-corrected chi connectivity index (χ0v) is 10.9. The molecule has 1 aliphatic carbocycles. The summed E-state index contributed by atoms with van der Waals surface area (Å²) in [5.41, 5.74) is 6.56. The molecule has 0 amide bonds. The number of nitrogens with zero attached hydrogens (tertiary/aromatic N) is 1. The van der Waals surface area contributed by atoms with Crippen LogP contribution in [0.3, 0.4) is 0 Å². The van der Waals surface area contributed by atoms with E-state index in [-0.39, 0.29) is 0 Å². The maximum Gasteiger partial charge on any atom is 0.0105 e. The van der Waals surface area contributed by atoms with E-state index in [2.05, 4.69) is 32.7 Å². The Morgan fingerprint density at radius 2 is 2.20 bits per heavy atom. The summed E-state index contributed by atoms with van der Waals surface area (Å²) in [6, 6.07) is 0.414. The summed E-state index contributed by atoms with van der Waals surface area (Å²) < 4.78 is 0. The Morgan fingerprint density at radius 1 is 1.53 bits per heavy atom. The van der Waals surface area contributed by atoms with Crippen molar-refractivity contribution >= 4 is 0 Å². The van der Waals surface area contributed by atoms with Crippen LogP contribution in [0, 0.1) is 11.3 Å². The van der Waals surface area contributed by atoms with Crippen molar-refractivity contribution in [2.45, 2.75) is 52.5 Å². The number of hydrogen-bond donors (Lipinski definition) is 1. The van der Waals surface area contributed by atoms with Gasteiger partial charge in [0.2, 0.25) is 0 Å². The molecule has 0 radical (unpaired) electrons. The van der Waals surface area contributed by atoms with Crippen LogP contribution in [0.2, 0.25) is 0 Å². The largest absolute Gasteiger partial charge is 0.327 e. The predicted molar refractivity (Wildman–Crippen MR) is 66.9 cm³/mol. The minimum Gasteiger partial charge on any atom is -0.327 e. The molecule has 0 aromatic carbocycles. The molecule has 3 atom stereocenters. The lowest BCUT2D eigenvalue weighted by atomic mass is 9.84. The highest BCUT2D eigenvalue weighted by Crippen LogP contribution is 2.37. The quantitative estimate of drug-likeness (QED) is 0.758. The fourth-order valence-corrected chi connectivity index (χ4v) is 2.80. The summed E-state index contributed by atoms with van der Waals surface area (Å²) >= 11 is 0. The summed E-state index contributed by atoms with van der Waals surface area (Å²) in [6.45, 7) is 9.32. The van der Waals surface area contributed by atoms with Crippen LogP contribution < -0.4 is 5.73 Å². The summed E-state index contributed by atoms with van der Waals surface area (Å²) in [6.07, 6.45) is 5.11. The highest BCUT2D eigenvalue weighted by Gasteiger charge is 2.37. The van der Waals surface area contributed by atoms with Gasteiger partial charge in [-0.25, -0.2) is 0 Å². The second kappa shape index (κ2) is 5.31. The van der Waals surface area contributed by atoms with Gasteiger partial charge in [-0.15, -0.1) is 0 Å². The lowest BCUT2D eigenvalue weighted by Crippen LogP contribution is -2.44. The summed E-state index contributed by atoms with van der Waals surface area (Å²) in [7, 11) is 2.24. The molecular formula is C13H28N2. The average molecular weight is 212 g/mol. The first-order valence-electron chi connectivity index (χ1n) is 6.42. The molecule has 0 bridgehead atoms. The highest BCUT2D eigenvalue weighted by molar-refractivity contribution is 4.93. The SMILES string of the molecule is CCC(C)CN(C)CC1(C)CCCC1N. The molecule has 3 unspecified atom stereocenters. The van der Waals surface area contributed by atoms with Crippen molar-refractivity contribution in [3.8, 4) is 0 Å². The molecule has 1 aliphatic rings. The van der Waals surface area contributed by atoms with Crippen molar-refractivity contribution in [3.05, 3.63) is 0 Å². The van der Waals surface area contributed by atoms with Gasteiger partial charge in [-0.1, -0.05) is 33.6 Å². The molecule has 2 N–H and O–H groups in total. The molecule has 0 aliphatic heterocycles. The van der Waals surface area contributed by atoms with Crippen LogP contribution in [-0.4, -0.2) is 31.1 Å². The van der Waals surface area contributed by atoms with Crippen LogP contribution in [0.4, 0.5) is 0 Å². The topological polar surface area (TPSA) is 29.3 Å². The van der Waals surface area contributed by atoms with Gasteiger partial charge < -0.3 is 10.6 Å². The predicted octanol–water partition coefficient (Wildman–Crippen LogP) is 2.48. The molecule has 0 saturated heterocycles. The molecule has 2 nitrogen and oxygen atoms in total. The van der Waals surface area contributed by atoms with E-state index < -0.39 is 0 Å². The van der Waals surface area contributed by atoms with Crippen LogP contribution in [0.15, 0.2) is 0 Å². The van der Waals surface area contributed by atoms with Crippen molar-refractivity contribution in [2.75, 3.05) is 20.1 Å². The fourth-order valence-electron chi connectivity index (χ4n) is 2.80. The van der Waals surface area contributed by atoms with E-state index >= 15 is 0 Å². The van der Waals surface area contributed by atoms with E-state index in [0.717, 1.165) is 5.92 Å². The second-order valence-corrected chi connectivity index (χ2v) is 5.86. The maximum absolute atomic E-state index is 6.20. The van der Waals surface area contributed by atoms with Gasteiger partial charge in [-0.05, 0) is 31.2 Å². The van der Waals surface area contributed by atoms with Crippen molar-refractivity contribution in [3.63, 3.8) is 0 Å². The molecule has 0 heterocycles. The first-order valence-corrected chi connectivity index (χ1v) is 6.42. The Morgan fingerprint density at radius 3 is 2.67 bits per heavy atom. The van der Waals surface area contributed by atoms with Gasteiger partial charge >= 0.3 is 0 Å². The second-order valence-electron chi connectivity index (χ2n) is 5.86. The van der Waals surface area contributed by atoms with Crippen LogP contribution in [0.5, 0.6) is 0 Å². The van der Waals surface area contributed by atoms with Crippen molar-refractivity contribution < 1.29 is 0 Å². The van der Waals surface area contributed by atoms with Gasteiger partial charge in [-0.2, -0.15) is 0 Å². The van der Waals surface area contributed by atoms with Crippen molar-refractivity contribution in [1.82, 2.24) is 4.90 Å². The molecule has 1 rings (SSSR count). The van der Waals surface area contributed by atoms with Crippen LogP contribution in [0.25, 0.3) is 0 Å². The molecule has 0 aromatic heterocycles. The van der Waals surface area contributed by atoms with Crippen LogP contribution in [-0.2, 0) is 0 Å². The van der Waals surface area contributed by atoms with E-state index in [1.807, 2.05) is 0 Å². The summed E-state index contributed by atoms with van der Waals surface area (Å²) in [5.74, 6) is 0.802. The van der Waals surface area contributed by atoms with Crippen molar-refractivity contribution in [1.29, 1.82) is 0 Å². The normalized spacial score (nSPS) is 33.6. The van der Waals surface area contributed by atoms with Crippen LogP contribution >= 0.6 is 0 Å². The van der Waals surface area contributed by atoms with Gasteiger partial charge in [0, 0.05) is 19.1 Å². The lowest BCUT2D eigenvalue weighted by molar-refractivity contribution is 0.162. The smallest absolute Gasteiger partial charge is 0.0105 e. The number of rotatable bonds is 5. The average Bonchev–Trinajstić information content (AvgIpc) is 2.46. The minimum atomic E-state index is 0.363. The minimum absolute atomic E-state index is 0.363. The molecule has 1 saturated carbocycles. The molecule has 0 aromatic rings. The van der Waals surface area contributed by atoms with E-state index in [0.29, 0.717) is 11.5 Å². The monoisotopic (exact) mass is 212 g/mol. The van der Waals surface area contributed by atoms with Crippen molar-refractivity contribution in [2.24, 2.45) is 17.1 Å². The third-order valence-corrected chi connectivity index (χ3v) is 4.11. The van der Waals surface area contributed by atoms with Gasteiger partial charge in [0.1, 0.15) is 0 Å².